The third-order valence-corrected chi connectivity index (χ3v) is 4.65. The van der Waals surface area contributed by atoms with E-state index in [0.29, 0.717) is 40.3 Å². The normalized spacial score (nSPS) is 10.9. The molecule has 2 aromatic carbocycles. The molecule has 6 nitrogen and oxygen atoms in total. The highest BCUT2D eigenvalue weighted by atomic mass is 35.5. The van der Waals surface area contributed by atoms with Gasteiger partial charge < -0.3 is 18.4 Å². The van der Waals surface area contributed by atoms with Crippen LogP contribution in [0.5, 0.6) is 11.5 Å². The number of furan rings is 1. The van der Waals surface area contributed by atoms with Crippen LogP contribution >= 0.6 is 11.6 Å². The summed E-state index contributed by atoms with van der Waals surface area (Å²) in [4.78, 5) is 4.40. The van der Waals surface area contributed by atoms with E-state index in [1.54, 1.807) is 31.4 Å². The molecule has 0 saturated heterocycles. The lowest BCUT2D eigenvalue weighted by Gasteiger charge is -2.04. The first kappa shape index (κ1) is 19.1. The monoisotopic (exact) mass is 410 g/mol. The molecule has 0 bridgehead atoms. The Kier molecular flexibility index (Phi) is 5.53. The summed E-state index contributed by atoms with van der Waals surface area (Å²) >= 11 is 6.08. The zero-order chi connectivity index (χ0) is 20.2. The molecule has 0 spiro atoms. The first-order chi connectivity index (χ1) is 14.2. The molecule has 0 unspecified atom stereocenters. The average Bonchev–Trinajstić information content (AvgIpc) is 3.42. The van der Waals surface area contributed by atoms with E-state index in [1.165, 1.54) is 5.56 Å². The van der Waals surface area contributed by atoms with Gasteiger partial charge in [0.25, 0.3) is 5.89 Å². The van der Waals surface area contributed by atoms with Crippen LogP contribution in [-0.2, 0) is 13.0 Å². The van der Waals surface area contributed by atoms with Gasteiger partial charge in [-0.05, 0) is 54.4 Å². The Hall–Kier alpha value is -3.25. The second-order valence-electron chi connectivity index (χ2n) is 6.32. The van der Waals surface area contributed by atoms with E-state index in [2.05, 4.69) is 17.1 Å². The molecule has 2 aromatic heterocycles. The summed E-state index contributed by atoms with van der Waals surface area (Å²) in [6.45, 7) is 2.42. The van der Waals surface area contributed by atoms with Gasteiger partial charge in [-0.25, -0.2) is 0 Å². The van der Waals surface area contributed by atoms with Crippen molar-refractivity contribution in [1.82, 2.24) is 10.1 Å². The molecule has 148 valence electrons. The topological polar surface area (TPSA) is 70.5 Å². The number of benzene rings is 2. The Morgan fingerprint density at radius 1 is 1.03 bits per heavy atom. The van der Waals surface area contributed by atoms with Gasteiger partial charge in [0.15, 0.2) is 5.76 Å². The van der Waals surface area contributed by atoms with Gasteiger partial charge in [-0.15, -0.1) is 0 Å². The van der Waals surface area contributed by atoms with Gasteiger partial charge in [-0.3, -0.25) is 0 Å². The molecule has 0 amide bonds. The Morgan fingerprint density at radius 2 is 1.86 bits per heavy atom. The van der Waals surface area contributed by atoms with Gasteiger partial charge >= 0.3 is 0 Å². The molecule has 0 atom stereocenters. The van der Waals surface area contributed by atoms with Crippen LogP contribution in [0.4, 0.5) is 0 Å². The zero-order valence-corrected chi connectivity index (χ0v) is 16.8. The van der Waals surface area contributed by atoms with Crippen molar-refractivity contribution < 1.29 is 18.4 Å². The number of hydrogen-bond acceptors (Lipinski definition) is 6. The Balaban J connectivity index is 1.48. The van der Waals surface area contributed by atoms with Crippen LogP contribution in [0.15, 0.2) is 63.5 Å². The maximum absolute atomic E-state index is 6.08. The largest absolute Gasteiger partial charge is 0.496 e. The highest BCUT2D eigenvalue weighted by Crippen LogP contribution is 2.32. The summed E-state index contributed by atoms with van der Waals surface area (Å²) < 4.78 is 22.2. The van der Waals surface area contributed by atoms with E-state index >= 15 is 0 Å². The fraction of sp³-hybridized carbons (Fsp3) is 0.182. The molecule has 0 aliphatic carbocycles. The van der Waals surface area contributed by atoms with Crippen molar-refractivity contribution in [3.63, 3.8) is 0 Å². The minimum atomic E-state index is 0.264. The lowest BCUT2D eigenvalue weighted by atomic mass is 10.2. The van der Waals surface area contributed by atoms with E-state index < -0.39 is 0 Å². The van der Waals surface area contributed by atoms with Crippen LogP contribution < -0.4 is 9.47 Å². The SMILES string of the molecule is CCc1ccc(OCc2ccc(-c3nc(-c4cc(Cl)ccc4OC)no3)o2)cc1. The summed E-state index contributed by atoms with van der Waals surface area (Å²) in [5.74, 6) is 3.13. The first-order valence-electron chi connectivity index (χ1n) is 9.14. The second kappa shape index (κ2) is 8.41. The zero-order valence-electron chi connectivity index (χ0n) is 16.0. The van der Waals surface area contributed by atoms with Crippen LogP contribution in [0.2, 0.25) is 5.02 Å². The highest BCUT2D eigenvalue weighted by molar-refractivity contribution is 6.30. The minimum absolute atomic E-state index is 0.264. The molecular weight excluding hydrogens is 392 g/mol. The lowest BCUT2D eigenvalue weighted by molar-refractivity contribution is 0.270. The van der Waals surface area contributed by atoms with Crippen LogP contribution in [-0.4, -0.2) is 17.3 Å². The Labute approximate surface area is 173 Å². The van der Waals surface area contributed by atoms with E-state index in [-0.39, 0.29) is 5.89 Å². The quantitative estimate of drug-likeness (QED) is 0.383. The van der Waals surface area contributed by atoms with E-state index in [1.807, 2.05) is 30.3 Å². The van der Waals surface area contributed by atoms with E-state index in [0.717, 1.165) is 12.2 Å². The summed E-state index contributed by atoms with van der Waals surface area (Å²) in [6.07, 6.45) is 0.995. The molecule has 4 rings (SSSR count). The van der Waals surface area contributed by atoms with Crippen molar-refractivity contribution in [3.05, 3.63) is 70.9 Å². The second-order valence-corrected chi connectivity index (χ2v) is 6.76. The summed E-state index contributed by atoms with van der Waals surface area (Å²) in [5, 5.41) is 4.57. The van der Waals surface area contributed by atoms with Crippen molar-refractivity contribution >= 4 is 11.6 Å². The number of aromatic nitrogens is 2. The van der Waals surface area contributed by atoms with Gasteiger partial charge in [-0.2, -0.15) is 4.98 Å². The van der Waals surface area contributed by atoms with Crippen LogP contribution in [0, 0.1) is 0 Å². The molecule has 7 heteroatoms. The molecule has 0 N–H and O–H groups in total. The van der Waals surface area contributed by atoms with Crippen molar-refractivity contribution in [2.45, 2.75) is 20.0 Å². The third-order valence-electron chi connectivity index (χ3n) is 4.41. The molecule has 0 saturated carbocycles. The number of methoxy groups -OCH3 is 1. The highest BCUT2D eigenvalue weighted by Gasteiger charge is 2.17. The first-order valence-corrected chi connectivity index (χ1v) is 9.52. The third kappa shape index (κ3) is 4.27. The van der Waals surface area contributed by atoms with Gasteiger partial charge in [0, 0.05) is 5.02 Å². The van der Waals surface area contributed by atoms with Crippen LogP contribution in [0.3, 0.4) is 0 Å². The maximum Gasteiger partial charge on any atom is 0.293 e. The Bertz CT molecular complexity index is 1100. The molecule has 4 aromatic rings. The molecule has 0 fully saturated rings. The number of ether oxygens (including phenoxy) is 2. The molecular formula is C22H19ClN2O4. The van der Waals surface area contributed by atoms with Gasteiger partial charge in [0.05, 0.1) is 12.7 Å². The van der Waals surface area contributed by atoms with Crippen molar-refractivity contribution in [1.29, 1.82) is 0 Å². The number of nitrogens with zero attached hydrogens (tertiary/aromatic N) is 2. The standard InChI is InChI=1S/C22H19ClN2O4/c1-3-14-4-7-16(8-5-14)27-13-17-9-11-20(28-17)22-24-21(25-29-22)18-12-15(23)6-10-19(18)26-2/h4-12H,3,13H2,1-2H3. The predicted octanol–water partition coefficient (Wildman–Crippen LogP) is 5.80. The molecule has 0 aliphatic rings. The van der Waals surface area contributed by atoms with Crippen molar-refractivity contribution in [3.8, 4) is 34.5 Å². The number of hydrogen-bond donors (Lipinski definition) is 0. The van der Waals surface area contributed by atoms with Gasteiger partial charge in [-0.1, -0.05) is 35.8 Å². The van der Waals surface area contributed by atoms with E-state index in [4.69, 9.17) is 30.0 Å². The fourth-order valence-electron chi connectivity index (χ4n) is 2.83. The van der Waals surface area contributed by atoms with Crippen LogP contribution in [0.1, 0.15) is 18.2 Å². The summed E-state index contributed by atoms with van der Waals surface area (Å²) in [6, 6.07) is 16.8. The van der Waals surface area contributed by atoms with Crippen molar-refractivity contribution in [2.24, 2.45) is 0 Å². The molecule has 29 heavy (non-hydrogen) atoms. The fourth-order valence-corrected chi connectivity index (χ4v) is 3.01. The summed E-state index contributed by atoms with van der Waals surface area (Å²) in [5.41, 5.74) is 1.90. The predicted molar refractivity (Wildman–Crippen MR) is 109 cm³/mol. The van der Waals surface area contributed by atoms with Gasteiger partial charge in [0.2, 0.25) is 5.82 Å². The smallest absolute Gasteiger partial charge is 0.293 e. The maximum atomic E-state index is 6.08. The number of rotatable bonds is 7. The summed E-state index contributed by atoms with van der Waals surface area (Å²) in [7, 11) is 1.57. The van der Waals surface area contributed by atoms with Crippen molar-refractivity contribution in [2.75, 3.05) is 7.11 Å². The number of aryl methyl sites for hydroxylation is 1. The number of halogens is 1. The molecule has 0 aliphatic heterocycles. The van der Waals surface area contributed by atoms with E-state index in [9.17, 15) is 0 Å². The van der Waals surface area contributed by atoms with Gasteiger partial charge in [0.1, 0.15) is 23.9 Å². The lowest BCUT2D eigenvalue weighted by Crippen LogP contribution is -1.93. The average molecular weight is 411 g/mol. The minimum Gasteiger partial charge on any atom is -0.496 e. The molecule has 2 heterocycles. The van der Waals surface area contributed by atoms with Crippen LogP contribution in [0.25, 0.3) is 23.0 Å². The molecule has 0 radical (unpaired) electrons. The Morgan fingerprint density at radius 3 is 2.62 bits per heavy atom.